The molecule has 35 heteroatoms. The number of nitro groups is 4. The smallest absolute Gasteiger partial charge is 1.00 e. The van der Waals surface area contributed by atoms with Crippen LogP contribution in [-0.4, -0.2) is 162 Å². The zero-order valence-electron chi connectivity index (χ0n) is 60.2. The van der Waals surface area contributed by atoms with Gasteiger partial charge in [-0.2, -0.15) is 0 Å². The fourth-order valence-electron chi connectivity index (χ4n) is 12.6. The Balaban J connectivity index is 0.000000578. The van der Waals surface area contributed by atoms with Gasteiger partial charge in [0, 0.05) is 89.6 Å². The number of benzene rings is 6. The molecule has 2 atom stereocenters. The molecule has 0 aliphatic carbocycles. The van der Waals surface area contributed by atoms with Crippen molar-refractivity contribution in [3.63, 3.8) is 0 Å². The van der Waals surface area contributed by atoms with Crippen molar-refractivity contribution in [2.75, 3.05) is 99.7 Å². The van der Waals surface area contributed by atoms with Crippen molar-refractivity contribution in [1.82, 2.24) is 0 Å². The summed E-state index contributed by atoms with van der Waals surface area (Å²) in [6.45, 7) is 6.85. The van der Waals surface area contributed by atoms with Gasteiger partial charge in [-0.15, -0.1) is 0 Å². The maximum absolute atomic E-state index is 14.5. The molecule has 2 fully saturated rings. The normalized spacial score (nSPS) is 14.3. The first-order chi connectivity index (χ1) is 49.5. The molecule has 0 radical (unpaired) electrons. The second-order valence-corrected chi connectivity index (χ2v) is 25.9. The summed E-state index contributed by atoms with van der Waals surface area (Å²) in [6, 6.07) is 31.8. The predicted octanol–water partition coefficient (Wildman–Crippen LogP) is 4.16. The summed E-state index contributed by atoms with van der Waals surface area (Å²) in [6.07, 6.45) is 6.13. The van der Waals surface area contributed by atoms with Gasteiger partial charge in [0.25, 0.3) is 22.7 Å². The molecule has 2 heterocycles. The van der Waals surface area contributed by atoms with E-state index in [1.54, 1.807) is 50.5 Å². The Kier molecular flexibility index (Phi) is 41.6. The van der Waals surface area contributed by atoms with Crippen LogP contribution in [0.15, 0.2) is 133 Å². The van der Waals surface area contributed by atoms with Gasteiger partial charge in [-0.1, -0.05) is 23.7 Å². The maximum Gasteiger partial charge on any atom is 1.00 e. The van der Waals surface area contributed by atoms with Gasteiger partial charge in [0.2, 0.25) is 6.79 Å². The minimum absolute atomic E-state index is 0. The third-order valence-electron chi connectivity index (χ3n) is 17.8. The van der Waals surface area contributed by atoms with Crippen LogP contribution in [0.25, 0.3) is 0 Å². The second-order valence-electron chi connectivity index (χ2n) is 25.7. The van der Waals surface area contributed by atoms with Crippen LogP contribution in [0, 0.1) is 63.7 Å². The topological polar surface area (TPSA) is 310 Å². The number of likely N-dealkylation sites (tertiary alicyclic amines) is 2. The number of nitro benzene ring substituents is 4. The first-order valence-corrected chi connectivity index (χ1v) is 33.6. The molecule has 26 nitrogen and oxygen atoms in total. The number of hydrogen-bond acceptors (Lipinski definition) is 18. The third kappa shape index (κ3) is 32.7. The average Bonchev–Trinajstić information content (AvgIpc) is 0.838. The van der Waals surface area contributed by atoms with Crippen LogP contribution in [0.1, 0.15) is 99.0 Å². The first-order valence-electron chi connectivity index (χ1n) is 33.8. The minimum Gasteiger partial charge on any atom is -1.00 e. The van der Waals surface area contributed by atoms with Crippen molar-refractivity contribution in [2.45, 2.75) is 103 Å². The zero-order valence-corrected chi connectivity index (χ0v) is 65.1. The van der Waals surface area contributed by atoms with E-state index < -0.39 is 81.2 Å². The number of rotatable bonds is 33. The first kappa shape index (κ1) is 92.3. The molecule has 106 heavy (non-hydrogen) atoms. The summed E-state index contributed by atoms with van der Waals surface area (Å²) in [4.78, 5) is 88.4. The molecule has 0 aromatic heterocycles. The fourth-order valence-corrected chi connectivity index (χ4v) is 12.6. The number of esters is 1. The number of nitrogens with zero attached hydrogens (tertiary/aromatic N) is 8. The van der Waals surface area contributed by atoms with Crippen LogP contribution in [-0.2, 0) is 72.5 Å². The van der Waals surface area contributed by atoms with E-state index >= 15 is 0 Å². The van der Waals surface area contributed by atoms with Crippen LogP contribution < -0.4 is 68.6 Å². The molecule has 0 spiro atoms. The minimum atomic E-state index is -1.09. The van der Waals surface area contributed by atoms with E-state index in [2.05, 4.69) is 4.74 Å². The number of carbonyl (C=O) groups is 4. The zero-order chi connectivity index (χ0) is 76.3. The van der Waals surface area contributed by atoms with Crippen molar-refractivity contribution in [1.29, 1.82) is 0 Å². The Morgan fingerprint density at radius 3 is 1.10 bits per heavy atom. The van der Waals surface area contributed by atoms with Gasteiger partial charge < -0.3 is 85.5 Å². The SMILES string of the molecule is C[N+](CCOC(=O)OCCl)(Cc1ccc([N+](=O)[O-])cc1)Cc1c(F)cccc1F.C[N+](CCOC(=O)OCOC(=O)CCC[N+]1(Cc2ccc([N+](=O)[O-])cc2)CCCCC1)(Cc1ccc([N+](=O)[O-])cc1)Cc1c(F)cccc1F.O=C([O-])CCC[N+]1(Cc2ccc([N+](=O)[O-])cc2)CCCCC1.[2H]CF.[Br-].[Br-].[Na+]. The van der Waals surface area contributed by atoms with E-state index in [0.717, 1.165) is 116 Å². The molecule has 0 saturated carbocycles. The van der Waals surface area contributed by atoms with Crippen LogP contribution in [0.2, 0.25) is 0 Å². The quantitative estimate of drug-likeness (QED) is 0.00643. The summed E-state index contributed by atoms with van der Waals surface area (Å²) < 4.78 is 99.2. The molecular formula is C71H87Br2ClF5N8NaO18+2. The van der Waals surface area contributed by atoms with Crippen molar-refractivity contribution in [3.8, 4) is 0 Å². The molecular weight excluding hydrogens is 1570 g/mol. The Labute approximate surface area is 660 Å². The number of ether oxygens (including phenoxy) is 5. The van der Waals surface area contributed by atoms with Crippen LogP contribution >= 0.6 is 11.6 Å². The average molecular weight is 1650 g/mol. The third-order valence-corrected chi connectivity index (χ3v) is 17.9. The van der Waals surface area contributed by atoms with Gasteiger partial charge in [0.1, 0.15) is 88.8 Å². The molecule has 2 saturated heterocycles. The Morgan fingerprint density at radius 1 is 0.481 bits per heavy atom. The van der Waals surface area contributed by atoms with Crippen molar-refractivity contribution in [3.05, 3.63) is 231 Å². The number of piperidine rings is 2. The number of alkyl halides is 2. The molecule has 2 aliphatic heterocycles. The molecule has 0 bridgehead atoms. The van der Waals surface area contributed by atoms with Crippen molar-refractivity contribution in [2.24, 2.45) is 0 Å². The van der Waals surface area contributed by atoms with E-state index in [9.17, 15) is 86.7 Å². The van der Waals surface area contributed by atoms with Crippen LogP contribution in [0.4, 0.5) is 54.3 Å². The largest absolute Gasteiger partial charge is 1.00 e. The summed E-state index contributed by atoms with van der Waals surface area (Å²) in [5, 5.41) is 54.2. The van der Waals surface area contributed by atoms with Gasteiger partial charge in [-0.05, 0) is 118 Å². The Bertz CT molecular complexity index is 3760. The van der Waals surface area contributed by atoms with Crippen LogP contribution in [0.5, 0.6) is 0 Å². The van der Waals surface area contributed by atoms with Crippen molar-refractivity contribution >= 4 is 58.6 Å². The number of likely N-dealkylation sites (N-methyl/N-ethyl adjacent to an activating group) is 2. The predicted molar refractivity (Wildman–Crippen MR) is 364 cm³/mol. The van der Waals surface area contributed by atoms with Gasteiger partial charge in [0.05, 0.1) is 99.1 Å². The number of aliphatic carboxylic acids is 1. The van der Waals surface area contributed by atoms with Gasteiger partial charge in [0.15, 0.2) is 6.07 Å². The van der Waals surface area contributed by atoms with E-state index in [-0.39, 0.29) is 171 Å². The van der Waals surface area contributed by atoms with E-state index in [1.165, 1.54) is 79.2 Å². The van der Waals surface area contributed by atoms with Gasteiger partial charge in [-0.3, -0.25) is 49.6 Å². The van der Waals surface area contributed by atoms with Crippen LogP contribution in [0.3, 0.4) is 0 Å². The number of non-ortho nitro benzene ring substituents is 4. The molecule has 8 rings (SSSR count). The number of quaternary nitrogens is 4. The summed E-state index contributed by atoms with van der Waals surface area (Å²) in [5.41, 5.74) is 3.20. The molecule has 0 N–H and O–H groups in total. The number of hydrogen-bond donors (Lipinski definition) is 0. The summed E-state index contributed by atoms with van der Waals surface area (Å²) in [5.74, 6) is -4.34. The monoisotopic (exact) mass is 1650 g/mol. The molecule has 6 aromatic rings. The van der Waals surface area contributed by atoms with E-state index in [4.69, 9.17) is 31.9 Å². The number of carboxylic acids is 1. The standard InChI is InChI=1S/C35H42F2N4O9.C19H20ClF2N2O5.C16H22N2O4.CH3F.2BrH.Na/c1-40(25-31-32(36)7-5-8-33(31)37,23-27-10-14-29(15-11-27)38(44)45)21-22-48-35(43)50-26-49-34(42)9-6-20-41(18-3-2-4-19-41)24-28-12-16-30(17-13-28)39(46)47;1-24(9-10-28-19(25)29-13-20,12-16-17(21)3-2-4-18(16)22)11-14-5-7-15(8-6-14)23(26)27;19-16(20)5-4-12-18(10-2-1-3-11-18)13-14-6-8-15(9-7-14)17(21)22;1-2;;;/h5,7-8,10-17H,2-4,6,9,18-26H2,1H3;2-8H,9-13H2,1H3;6-9H,1-5,10-13H2;1H3;2*1H;/q+2;+1;;;;;+1/p-2/i;;;1D;;;. The van der Waals surface area contributed by atoms with E-state index in [1.807, 2.05) is 12.1 Å². The number of carbonyl (C=O) groups excluding carboxylic acids is 4. The molecule has 6 aromatic carbocycles. The number of halogens is 8. The van der Waals surface area contributed by atoms with Gasteiger partial charge >= 0.3 is 47.8 Å². The number of carboxylic acid groups (broad SMARTS) is 1. The molecule has 0 amide bonds. The van der Waals surface area contributed by atoms with Gasteiger partial charge in [-0.25, -0.2) is 27.2 Å². The summed E-state index contributed by atoms with van der Waals surface area (Å²) >= 11 is 5.29. The maximum atomic E-state index is 14.5. The fraction of sp³-hybridized carbons (Fsp3) is 0.437. The Morgan fingerprint density at radius 2 is 0.792 bits per heavy atom. The van der Waals surface area contributed by atoms with Crippen molar-refractivity contribution < 1.29 is 172 Å². The molecule has 2 aliphatic rings. The Hall–Kier alpha value is -7.86. The molecule has 2 unspecified atom stereocenters. The van der Waals surface area contributed by atoms with E-state index in [0.29, 0.717) is 31.5 Å². The second kappa shape index (κ2) is 47.7. The molecule has 574 valence electrons. The summed E-state index contributed by atoms with van der Waals surface area (Å²) in [7, 11) is 2.45.